The van der Waals surface area contributed by atoms with E-state index in [2.05, 4.69) is 35.2 Å². The summed E-state index contributed by atoms with van der Waals surface area (Å²) in [6.45, 7) is 3.21. The van der Waals surface area contributed by atoms with E-state index in [0.717, 1.165) is 34.7 Å². The van der Waals surface area contributed by atoms with Gasteiger partial charge >= 0.3 is 0 Å². The van der Waals surface area contributed by atoms with E-state index >= 15 is 0 Å². The molecule has 0 radical (unpaired) electrons. The summed E-state index contributed by atoms with van der Waals surface area (Å²) in [6, 6.07) is 7.34. The molecule has 3 N–H and O–H groups in total. The van der Waals surface area contributed by atoms with Crippen LogP contribution in [0.2, 0.25) is 0 Å². The number of hydrogen-bond acceptors (Lipinski definition) is 4. The van der Waals surface area contributed by atoms with Gasteiger partial charge in [-0.15, -0.1) is 0 Å². The molecule has 1 aromatic carbocycles. The number of nitrogen functional groups attached to an aromatic ring is 1. The van der Waals surface area contributed by atoms with Gasteiger partial charge in [-0.2, -0.15) is 0 Å². The molecule has 4 nitrogen and oxygen atoms in total. The number of aromatic nitrogens is 1. The SMILES string of the molecule is CC(CNc1ccc(N)c2cnccc12)N(C)C1CC1. The number of pyridine rings is 1. The summed E-state index contributed by atoms with van der Waals surface area (Å²) < 4.78 is 0. The first-order valence-corrected chi connectivity index (χ1v) is 7.25. The standard InChI is InChI=1S/C16H22N4/c1-11(20(2)12-3-4-12)9-19-16-6-5-15(17)14-10-18-8-7-13(14)16/h5-8,10-12,19H,3-4,9,17H2,1-2H3. The van der Waals surface area contributed by atoms with Gasteiger partial charge in [0.25, 0.3) is 0 Å². The maximum Gasteiger partial charge on any atom is 0.0423 e. The minimum atomic E-state index is 0.525. The van der Waals surface area contributed by atoms with Crippen molar-refractivity contribution < 1.29 is 0 Å². The molecular formula is C16H22N4. The highest BCUT2D eigenvalue weighted by Crippen LogP contribution is 2.29. The van der Waals surface area contributed by atoms with E-state index < -0.39 is 0 Å². The Morgan fingerprint density at radius 2 is 2.15 bits per heavy atom. The van der Waals surface area contributed by atoms with Gasteiger partial charge in [-0.1, -0.05) is 0 Å². The molecule has 1 atom stereocenters. The maximum absolute atomic E-state index is 6.00. The molecule has 0 spiro atoms. The van der Waals surface area contributed by atoms with Crippen molar-refractivity contribution in [2.45, 2.75) is 31.8 Å². The lowest BCUT2D eigenvalue weighted by molar-refractivity contribution is 0.257. The first-order chi connectivity index (χ1) is 9.66. The Labute approximate surface area is 120 Å². The van der Waals surface area contributed by atoms with Crippen molar-refractivity contribution in [3.8, 4) is 0 Å². The minimum absolute atomic E-state index is 0.525. The first-order valence-electron chi connectivity index (χ1n) is 7.25. The lowest BCUT2D eigenvalue weighted by Gasteiger charge is -2.25. The Morgan fingerprint density at radius 1 is 1.35 bits per heavy atom. The topological polar surface area (TPSA) is 54.2 Å². The maximum atomic E-state index is 6.00. The van der Waals surface area contributed by atoms with E-state index in [9.17, 15) is 0 Å². The summed E-state index contributed by atoms with van der Waals surface area (Å²) >= 11 is 0. The van der Waals surface area contributed by atoms with Crippen LogP contribution in [-0.2, 0) is 0 Å². The Balaban J connectivity index is 1.75. The van der Waals surface area contributed by atoms with Gasteiger partial charge < -0.3 is 11.1 Å². The number of anilines is 2. The number of fused-ring (bicyclic) bond motifs is 1. The van der Waals surface area contributed by atoms with Crippen LogP contribution in [0, 0.1) is 0 Å². The van der Waals surface area contributed by atoms with Gasteiger partial charge in [0, 0.05) is 53.2 Å². The smallest absolute Gasteiger partial charge is 0.0423 e. The Hall–Kier alpha value is -1.81. The number of benzene rings is 1. The highest BCUT2D eigenvalue weighted by atomic mass is 15.2. The molecule has 4 heteroatoms. The van der Waals surface area contributed by atoms with Gasteiger partial charge in [0.2, 0.25) is 0 Å². The highest BCUT2D eigenvalue weighted by Gasteiger charge is 2.28. The molecule has 1 fully saturated rings. The van der Waals surface area contributed by atoms with Crippen molar-refractivity contribution in [2.24, 2.45) is 0 Å². The minimum Gasteiger partial charge on any atom is -0.398 e. The molecule has 1 unspecified atom stereocenters. The van der Waals surface area contributed by atoms with Crippen molar-refractivity contribution in [3.05, 3.63) is 30.6 Å². The van der Waals surface area contributed by atoms with Crippen LogP contribution < -0.4 is 11.1 Å². The van der Waals surface area contributed by atoms with Gasteiger partial charge in [0.1, 0.15) is 0 Å². The van der Waals surface area contributed by atoms with Crippen molar-refractivity contribution in [1.29, 1.82) is 0 Å². The second-order valence-electron chi connectivity index (χ2n) is 5.75. The lowest BCUT2D eigenvalue weighted by Crippen LogP contribution is -2.36. The Bertz CT molecular complexity index is 606. The van der Waals surface area contributed by atoms with Gasteiger partial charge in [0.15, 0.2) is 0 Å². The third-order valence-electron chi connectivity index (χ3n) is 4.26. The summed E-state index contributed by atoms with van der Waals surface area (Å²) in [6.07, 6.45) is 6.33. The predicted molar refractivity (Wildman–Crippen MR) is 84.9 cm³/mol. The number of nitrogens with one attached hydrogen (secondary N) is 1. The van der Waals surface area contributed by atoms with E-state index in [1.807, 2.05) is 24.5 Å². The summed E-state index contributed by atoms with van der Waals surface area (Å²) in [5, 5.41) is 5.71. The van der Waals surface area contributed by atoms with Gasteiger partial charge in [-0.25, -0.2) is 0 Å². The number of nitrogens with two attached hydrogens (primary N) is 1. The Morgan fingerprint density at radius 3 is 2.90 bits per heavy atom. The quantitative estimate of drug-likeness (QED) is 0.820. The second kappa shape index (κ2) is 5.29. The molecule has 0 aliphatic heterocycles. The van der Waals surface area contributed by atoms with Crippen molar-refractivity contribution in [2.75, 3.05) is 24.6 Å². The molecular weight excluding hydrogens is 248 g/mol. The number of rotatable bonds is 5. The predicted octanol–water partition coefficient (Wildman–Crippen LogP) is 2.71. The van der Waals surface area contributed by atoms with Crippen LogP contribution in [-0.4, -0.2) is 35.6 Å². The largest absolute Gasteiger partial charge is 0.398 e. The van der Waals surface area contributed by atoms with E-state index in [1.54, 1.807) is 0 Å². The van der Waals surface area contributed by atoms with Crippen LogP contribution in [0.1, 0.15) is 19.8 Å². The van der Waals surface area contributed by atoms with Crippen molar-refractivity contribution in [3.63, 3.8) is 0 Å². The fourth-order valence-electron chi connectivity index (χ4n) is 2.61. The van der Waals surface area contributed by atoms with Crippen LogP contribution >= 0.6 is 0 Å². The molecule has 1 aliphatic rings. The molecule has 1 saturated carbocycles. The third-order valence-corrected chi connectivity index (χ3v) is 4.26. The zero-order chi connectivity index (χ0) is 14.1. The van der Waals surface area contributed by atoms with Gasteiger partial charge in [0.05, 0.1) is 0 Å². The fraction of sp³-hybridized carbons (Fsp3) is 0.438. The van der Waals surface area contributed by atoms with Gasteiger partial charge in [-0.3, -0.25) is 9.88 Å². The molecule has 1 aliphatic carbocycles. The van der Waals surface area contributed by atoms with Crippen LogP contribution in [0.4, 0.5) is 11.4 Å². The molecule has 1 heterocycles. The molecule has 0 saturated heterocycles. The van der Waals surface area contributed by atoms with Crippen LogP contribution in [0.25, 0.3) is 10.8 Å². The number of likely N-dealkylation sites (N-methyl/N-ethyl adjacent to an activating group) is 1. The lowest BCUT2D eigenvalue weighted by atomic mass is 10.1. The average Bonchev–Trinajstić information content (AvgIpc) is 3.30. The molecule has 106 valence electrons. The highest BCUT2D eigenvalue weighted by molar-refractivity contribution is 6.00. The van der Waals surface area contributed by atoms with Crippen LogP contribution in [0.3, 0.4) is 0 Å². The molecule has 20 heavy (non-hydrogen) atoms. The third kappa shape index (κ3) is 2.56. The summed E-state index contributed by atoms with van der Waals surface area (Å²) in [5.74, 6) is 0. The van der Waals surface area contributed by atoms with E-state index in [-0.39, 0.29) is 0 Å². The molecule has 2 aromatic rings. The fourth-order valence-corrected chi connectivity index (χ4v) is 2.61. The number of nitrogens with zero attached hydrogens (tertiary/aromatic N) is 2. The number of hydrogen-bond donors (Lipinski definition) is 2. The first kappa shape index (κ1) is 13.2. The summed E-state index contributed by atoms with van der Waals surface area (Å²) in [7, 11) is 2.22. The second-order valence-corrected chi connectivity index (χ2v) is 5.75. The molecule has 1 aromatic heterocycles. The van der Waals surface area contributed by atoms with E-state index in [4.69, 9.17) is 5.73 Å². The zero-order valence-corrected chi connectivity index (χ0v) is 12.1. The van der Waals surface area contributed by atoms with E-state index in [0.29, 0.717) is 6.04 Å². The van der Waals surface area contributed by atoms with Crippen LogP contribution in [0.5, 0.6) is 0 Å². The zero-order valence-electron chi connectivity index (χ0n) is 12.1. The van der Waals surface area contributed by atoms with Crippen molar-refractivity contribution >= 4 is 22.1 Å². The summed E-state index contributed by atoms with van der Waals surface area (Å²) in [5.41, 5.74) is 7.91. The molecule has 3 rings (SSSR count). The average molecular weight is 270 g/mol. The Kier molecular flexibility index (Phi) is 3.49. The van der Waals surface area contributed by atoms with Crippen molar-refractivity contribution in [1.82, 2.24) is 9.88 Å². The monoisotopic (exact) mass is 270 g/mol. The van der Waals surface area contributed by atoms with Gasteiger partial charge in [-0.05, 0) is 45.0 Å². The van der Waals surface area contributed by atoms with Crippen LogP contribution in [0.15, 0.2) is 30.6 Å². The molecule has 0 bridgehead atoms. The van der Waals surface area contributed by atoms with E-state index in [1.165, 1.54) is 12.8 Å². The normalized spacial score (nSPS) is 16.6. The summed E-state index contributed by atoms with van der Waals surface area (Å²) in [4.78, 5) is 6.62. The molecule has 0 amide bonds.